The van der Waals surface area contributed by atoms with Gasteiger partial charge in [-0.1, -0.05) is 29.8 Å². The highest BCUT2D eigenvalue weighted by Gasteiger charge is 2.19. The van der Waals surface area contributed by atoms with E-state index in [0.29, 0.717) is 23.7 Å². The first-order chi connectivity index (χ1) is 13.2. The molecule has 0 aliphatic carbocycles. The molecule has 0 fully saturated rings. The molecule has 0 spiro atoms. The fourth-order valence-corrected chi connectivity index (χ4v) is 3.03. The van der Waals surface area contributed by atoms with Crippen LogP contribution in [0.4, 0.5) is 0 Å². The van der Waals surface area contributed by atoms with Gasteiger partial charge in [0.2, 0.25) is 5.75 Å². The molecule has 6 heteroatoms. The molecule has 0 aliphatic rings. The average molecular weight is 387 g/mol. The van der Waals surface area contributed by atoms with Gasteiger partial charge in [-0.05, 0) is 42.7 Å². The summed E-state index contributed by atoms with van der Waals surface area (Å²) < 4.78 is 17.3. The minimum atomic E-state index is -0.1000. The first-order valence-electron chi connectivity index (χ1n) is 8.80. The van der Waals surface area contributed by atoms with Gasteiger partial charge in [0, 0.05) is 23.8 Å². The first kappa shape index (κ1) is 19.1. The quantitative estimate of drug-likeness (QED) is 0.579. The molecule has 2 aromatic carbocycles. The standard InChI is InChI=1S/C21H23ClN2O3/c1-25-18-4-3-5-19(26-2)21(18)27-17(14-20-23-12-13-24-20)11-8-15-6-9-16(22)10-7-15/h3-7,9-10,12-13,17H,8,11,14H2,1-2H3,(H,23,24). The lowest BCUT2D eigenvalue weighted by molar-refractivity contribution is 0.174. The Balaban J connectivity index is 1.78. The number of nitrogens with one attached hydrogen (secondary N) is 1. The van der Waals surface area contributed by atoms with Crippen LogP contribution in [0, 0.1) is 0 Å². The molecule has 0 saturated carbocycles. The van der Waals surface area contributed by atoms with Gasteiger partial charge >= 0.3 is 0 Å². The molecule has 1 aromatic heterocycles. The highest BCUT2D eigenvalue weighted by atomic mass is 35.5. The van der Waals surface area contributed by atoms with Crippen LogP contribution in [0.1, 0.15) is 17.8 Å². The van der Waals surface area contributed by atoms with Crippen molar-refractivity contribution in [3.63, 3.8) is 0 Å². The summed E-state index contributed by atoms with van der Waals surface area (Å²) in [5.41, 5.74) is 1.21. The fourth-order valence-electron chi connectivity index (χ4n) is 2.91. The van der Waals surface area contributed by atoms with E-state index in [1.165, 1.54) is 5.56 Å². The third-order valence-corrected chi connectivity index (χ3v) is 4.56. The van der Waals surface area contributed by atoms with Crippen LogP contribution in [-0.4, -0.2) is 30.3 Å². The minimum Gasteiger partial charge on any atom is -0.493 e. The predicted octanol–water partition coefficient (Wildman–Crippen LogP) is 4.70. The van der Waals surface area contributed by atoms with E-state index in [2.05, 4.69) is 9.97 Å². The summed E-state index contributed by atoms with van der Waals surface area (Å²) in [4.78, 5) is 7.48. The summed E-state index contributed by atoms with van der Waals surface area (Å²) in [5, 5.41) is 0.737. The predicted molar refractivity (Wildman–Crippen MR) is 106 cm³/mol. The highest BCUT2D eigenvalue weighted by molar-refractivity contribution is 6.30. The number of rotatable bonds is 9. The van der Waals surface area contributed by atoms with Crippen LogP contribution in [0.5, 0.6) is 17.2 Å². The summed E-state index contributed by atoms with van der Waals surface area (Å²) in [7, 11) is 3.24. The van der Waals surface area contributed by atoms with E-state index in [-0.39, 0.29) is 6.10 Å². The lowest BCUT2D eigenvalue weighted by Gasteiger charge is -2.21. The molecule has 3 rings (SSSR count). The number of imidazole rings is 1. The molecule has 27 heavy (non-hydrogen) atoms. The fraction of sp³-hybridized carbons (Fsp3) is 0.286. The molecule has 1 heterocycles. The lowest BCUT2D eigenvalue weighted by Crippen LogP contribution is -2.22. The summed E-state index contributed by atoms with van der Waals surface area (Å²) in [6, 6.07) is 13.5. The molecule has 0 amide bonds. The van der Waals surface area contributed by atoms with Gasteiger partial charge in [0.25, 0.3) is 0 Å². The number of H-pyrrole nitrogens is 1. The van der Waals surface area contributed by atoms with E-state index < -0.39 is 0 Å². The number of nitrogens with zero attached hydrogens (tertiary/aromatic N) is 1. The number of para-hydroxylation sites is 1. The summed E-state index contributed by atoms with van der Waals surface area (Å²) in [6.07, 6.45) is 5.78. The second-order valence-corrected chi connectivity index (χ2v) is 6.57. The molecule has 5 nitrogen and oxygen atoms in total. The average Bonchev–Trinajstić information content (AvgIpc) is 3.20. The van der Waals surface area contributed by atoms with E-state index in [4.69, 9.17) is 25.8 Å². The van der Waals surface area contributed by atoms with Crippen LogP contribution >= 0.6 is 11.6 Å². The van der Waals surface area contributed by atoms with Crippen molar-refractivity contribution in [3.05, 3.63) is 71.3 Å². The zero-order valence-electron chi connectivity index (χ0n) is 15.4. The van der Waals surface area contributed by atoms with Gasteiger partial charge in [-0.3, -0.25) is 0 Å². The Morgan fingerprint density at radius 2 is 1.74 bits per heavy atom. The van der Waals surface area contributed by atoms with Gasteiger partial charge < -0.3 is 19.2 Å². The Morgan fingerprint density at radius 1 is 1.04 bits per heavy atom. The zero-order chi connectivity index (χ0) is 19.1. The van der Waals surface area contributed by atoms with Crippen molar-refractivity contribution in [2.45, 2.75) is 25.4 Å². The highest BCUT2D eigenvalue weighted by Crippen LogP contribution is 2.38. The lowest BCUT2D eigenvalue weighted by atomic mass is 10.0. The molecule has 3 aromatic rings. The van der Waals surface area contributed by atoms with Crippen molar-refractivity contribution in [1.82, 2.24) is 9.97 Å². The van der Waals surface area contributed by atoms with E-state index in [0.717, 1.165) is 23.7 Å². The van der Waals surface area contributed by atoms with Crippen molar-refractivity contribution >= 4 is 11.6 Å². The van der Waals surface area contributed by atoms with E-state index in [9.17, 15) is 0 Å². The molecule has 0 radical (unpaired) electrons. The van der Waals surface area contributed by atoms with Crippen LogP contribution in [0.15, 0.2) is 54.9 Å². The monoisotopic (exact) mass is 386 g/mol. The Kier molecular flexibility index (Phi) is 6.60. The molecule has 0 bridgehead atoms. The van der Waals surface area contributed by atoms with Gasteiger partial charge in [-0.15, -0.1) is 0 Å². The SMILES string of the molecule is COc1cccc(OC)c1OC(CCc1ccc(Cl)cc1)Cc1ncc[nH]1. The molecular formula is C21H23ClN2O3. The van der Waals surface area contributed by atoms with Crippen molar-refractivity contribution in [2.24, 2.45) is 0 Å². The van der Waals surface area contributed by atoms with Crippen molar-refractivity contribution in [2.75, 3.05) is 14.2 Å². The Bertz CT molecular complexity index is 813. The van der Waals surface area contributed by atoms with Gasteiger partial charge in [-0.2, -0.15) is 0 Å². The number of benzene rings is 2. The first-order valence-corrected chi connectivity index (χ1v) is 9.17. The van der Waals surface area contributed by atoms with Crippen molar-refractivity contribution in [3.8, 4) is 17.2 Å². The molecule has 1 unspecified atom stereocenters. The minimum absolute atomic E-state index is 0.1000. The number of hydrogen-bond donors (Lipinski definition) is 1. The summed E-state index contributed by atoms with van der Waals surface area (Å²) in [6.45, 7) is 0. The van der Waals surface area contributed by atoms with Crippen LogP contribution in [-0.2, 0) is 12.8 Å². The second kappa shape index (κ2) is 9.33. The Hall–Kier alpha value is -2.66. The number of aryl methyl sites for hydroxylation is 1. The number of methoxy groups -OCH3 is 2. The number of halogens is 1. The molecule has 0 aliphatic heterocycles. The van der Waals surface area contributed by atoms with Gasteiger partial charge in [0.15, 0.2) is 11.5 Å². The molecular weight excluding hydrogens is 364 g/mol. The molecule has 1 N–H and O–H groups in total. The smallest absolute Gasteiger partial charge is 0.203 e. The largest absolute Gasteiger partial charge is 0.493 e. The van der Waals surface area contributed by atoms with Crippen LogP contribution in [0.3, 0.4) is 0 Å². The third-order valence-electron chi connectivity index (χ3n) is 4.31. The topological polar surface area (TPSA) is 56.4 Å². The zero-order valence-corrected chi connectivity index (χ0v) is 16.2. The van der Waals surface area contributed by atoms with Crippen LogP contribution < -0.4 is 14.2 Å². The third kappa shape index (κ3) is 5.17. The van der Waals surface area contributed by atoms with Gasteiger partial charge in [0.05, 0.1) is 14.2 Å². The van der Waals surface area contributed by atoms with Crippen molar-refractivity contribution < 1.29 is 14.2 Å². The van der Waals surface area contributed by atoms with Crippen LogP contribution in [0.25, 0.3) is 0 Å². The van der Waals surface area contributed by atoms with Gasteiger partial charge in [0.1, 0.15) is 11.9 Å². The Morgan fingerprint density at radius 3 is 2.33 bits per heavy atom. The maximum Gasteiger partial charge on any atom is 0.203 e. The second-order valence-electron chi connectivity index (χ2n) is 6.14. The molecule has 142 valence electrons. The number of aromatic amines is 1. The summed E-state index contributed by atoms with van der Waals surface area (Å²) >= 11 is 5.98. The maximum atomic E-state index is 6.34. The van der Waals surface area contributed by atoms with E-state index >= 15 is 0 Å². The van der Waals surface area contributed by atoms with Gasteiger partial charge in [-0.25, -0.2) is 4.98 Å². The van der Waals surface area contributed by atoms with E-state index in [1.807, 2.05) is 48.7 Å². The maximum absolute atomic E-state index is 6.34. The number of ether oxygens (including phenoxy) is 3. The number of aromatic nitrogens is 2. The van der Waals surface area contributed by atoms with E-state index in [1.54, 1.807) is 20.4 Å². The van der Waals surface area contributed by atoms with Crippen molar-refractivity contribution in [1.29, 1.82) is 0 Å². The Labute approximate surface area is 164 Å². The molecule has 1 atom stereocenters. The normalized spacial score (nSPS) is 11.8. The molecule has 0 saturated heterocycles. The van der Waals surface area contributed by atoms with Crippen LogP contribution in [0.2, 0.25) is 5.02 Å². The summed E-state index contributed by atoms with van der Waals surface area (Å²) in [5.74, 6) is 2.77. The number of hydrogen-bond acceptors (Lipinski definition) is 4.